The largest absolute Gasteiger partial charge is 0.337 e. The average molecular weight is 374 g/mol. The highest BCUT2D eigenvalue weighted by molar-refractivity contribution is 5.92. The summed E-state index contributed by atoms with van der Waals surface area (Å²) in [5.41, 5.74) is 3.89. The first-order chi connectivity index (χ1) is 13.6. The first kappa shape index (κ1) is 18.5. The molecule has 1 aliphatic carbocycles. The summed E-state index contributed by atoms with van der Waals surface area (Å²) in [6.45, 7) is 1.99. The van der Waals surface area contributed by atoms with Gasteiger partial charge in [0.2, 0.25) is 0 Å². The van der Waals surface area contributed by atoms with Gasteiger partial charge in [-0.05, 0) is 62.3 Å². The van der Waals surface area contributed by atoms with Crippen molar-refractivity contribution in [3.8, 4) is 5.69 Å². The molecule has 1 fully saturated rings. The number of para-hydroxylation sites is 1. The molecule has 0 N–H and O–H groups in total. The smallest absolute Gasteiger partial charge is 0.274 e. The lowest BCUT2D eigenvalue weighted by molar-refractivity contribution is 0.0683. The number of carbonyl (C=O) groups excluding carboxylic acids is 1. The molecule has 0 unspecified atom stereocenters. The van der Waals surface area contributed by atoms with E-state index in [1.165, 1.54) is 5.56 Å². The van der Waals surface area contributed by atoms with Gasteiger partial charge in [0.15, 0.2) is 5.69 Å². The van der Waals surface area contributed by atoms with E-state index in [9.17, 15) is 4.79 Å². The first-order valence-electron chi connectivity index (χ1n) is 10.1. The fraction of sp³-hybridized carbons (Fsp3) is 0.333. The zero-order chi connectivity index (χ0) is 19.5. The molecule has 4 heteroatoms. The van der Waals surface area contributed by atoms with E-state index < -0.39 is 0 Å². The Bertz CT molecular complexity index is 925. The van der Waals surface area contributed by atoms with Crippen LogP contribution in [0.25, 0.3) is 5.69 Å². The number of amides is 1. The van der Waals surface area contributed by atoms with E-state index in [0.717, 1.165) is 37.1 Å². The molecule has 1 aliphatic rings. The second-order valence-electron chi connectivity index (χ2n) is 7.75. The average Bonchev–Trinajstić information content (AvgIpc) is 3.15. The fourth-order valence-electron chi connectivity index (χ4n) is 4.28. The molecule has 0 saturated heterocycles. The molecule has 1 saturated carbocycles. The molecule has 4 nitrogen and oxygen atoms in total. The van der Waals surface area contributed by atoms with Gasteiger partial charge in [0.05, 0.1) is 5.69 Å². The third-order valence-corrected chi connectivity index (χ3v) is 5.94. The van der Waals surface area contributed by atoms with E-state index in [-0.39, 0.29) is 11.9 Å². The summed E-state index contributed by atoms with van der Waals surface area (Å²) in [6.07, 6.45) is 4.34. The molecule has 0 radical (unpaired) electrons. The van der Waals surface area contributed by atoms with Crippen LogP contribution in [0.4, 0.5) is 0 Å². The maximum absolute atomic E-state index is 13.0. The van der Waals surface area contributed by atoms with Crippen molar-refractivity contribution in [2.45, 2.75) is 44.6 Å². The lowest BCUT2D eigenvalue weighted by Gasteiger charge is -2.34. The van der Waals surface area contributed by atoms with E-state index in [0.29, 0.717) is 11.6 Å². The molecule has 144 valence electrons. The fourth-order valence-corrected chi connectivity index (χ4v) is 4.28. The number of nitrogens with zero attached hydrogens (tertiary/aromatic N) is 3. The predicted octanol–water partition coefficient (Wildman–Crippen LogP) is 4.98. The molecule has 0 atom stereocenters. The Hall–Kier alpha value is -2.88. The minimum absolute atomic E-state index is 0.0148. The molecule has 4 rings (SSSR count). The highest BCUT2D eigenvalue weighted by Crippen LogP contribution is 2.34. The number of hydrogen-bond donors (Lipinski definition) is 0. The van der Waals surface area contributed by atoms with Crippen LogP contribution in [-0.2, 0) is 0 Å². The van der Waals surface area contributed by atoms with Gasteiger partial charge >= 0.3 is 0 Å². The molecular formula is C24H27N3O. The Morgan fingerprint density at radius 2 is 1.57 bits per heavy atom. The molecule has 0 bridgehead atoms. The van der Waals surface area contributed by atoms with Gasteiger partial charge in [-0.15, -0.1) is 0 Å². The summed E-state index contributed by atoms with van der Waals surface area (Å²) in [5, 5.41) is 4.58. The van der Waals surface area contributed by atoms with Gasteiger partial charge in [0.25, 0.3) is 5.91 Å². The van der Waals surface area contributed by atoms with Crippen LogP contribution in [0.1, 0.15) is 53.3 Å². The maximum Gasteiger partial charge on any atom is 0.274 e. The first-order valence-corrected chi connectivity index (χ1v) is 10.1. The molecule has 0 aliphatic heterocycles. The van der Waals surface area contributed by atoms with E-state index >= 15 is 0 Å². The van der Waals surface area contributed by atoms with Gasteiger partial charge in [-0.25, -0.2) is 4.68 Å². The minimum Gasteiger partial charge on any atom is -0.337 e. The Balaban J connectivity index is 1.43. The van der Waals surface area contributed by atoms with Gasteiger partial charge in [0, 0.05) is 18.8 Å². The van der Waals surface area contributed by atoms with Crippen molar-refractivity contribution in [2.75, 3.05) is 7.05 Å². The van der Waals surface area contributed by atoms with Gasteiger partial charge in [-0.1, -0.05) is 48.5 Å². The number of aryl methyl sites for hydroxylation is 1. The van der Waals surface area contributed by atoms with Crippen molar-refractivity contribution < 1.29 is 4.79 Å². The molecule has 1 amide bonds. The Morgan fingerprint density at radius 3 is 2.21 bits per heavy atom. The minimum atomic E-state index is 0.0148. The number of carbonyl (C=O) groups is 1. The van der Waals surface area contributed by atoms with E-state index in [1.54, 1.807) is 0 Å². The van der Waals surface area contributed by atoms with Crippen LogP contribution in [0, 0.1) is 6.92 Å². The third kappa shape index (κ3) is 3.72. The topological polar surface area (TPSA) is 38.1 Å². The molecule has 3 aromatic rings. The maximum atomic E-state index is 13.0. The molecule has 1 aromatic heterocycles. The Labute approximate surface area is 166 Å². The number of benzene rings is 2. The number of aromatic nitrogens is 2. The number of rotatable bonds is 4. The van der Waals surface area contributed by atoms with Crippen LogP contribution in [0.5, 0.6) is 0 Å². The molecular weight excluding hydrogens is 346 g/mol. The van der Waals surface area contributed by atoms with Crippen molar-refractivity contribution in [3.05, 3.63) is 83.7 Å². The SMILES string of the molecule is Cc1cc(C(=O)N(C)C2CCC(c3ccccc3)CC2)nn1-c1ccccc1. The van der Waals surface area contributed by atoms with Crippen LogP contribution in [-0.4, -0.2) is 33.7 Å². The van der Waals surface area contributed by atoms with Crippen molar-refractivity contribution in [1.29, 1.82) is 0 Å². The summed E-state index contributed by atoms with van der Waals surface area (Å²) in [6, 6.07) is 22.9. The second-order valence-corrected chi connectivity index (χ2v) is 7.75. The summed E-state index contributed by atoms with van der Waals surface area (Å²) < 4.78 is 1.84. The summed E-state index contributed by atoms with van der Waals surface area (Å²) >= 11 is 0. The zero-order valence-corrected chi connectivity index (χ0v) is 16.6. The Kier molecular flexibility index (Phi) is 5.29. The van der Waals surface area contributed by atoms with E-state index in [4.69, 9.17) is 0 Å². The lowest BCUT2D eigenvalue weighted by Crippen LogP contribution is -2.39. The highest BCUT2D eigenvalue weighted by atomic mass is 16.2. The predicted molar refractivity (Wildman–Crippen MR) is 112 cm³/mol. The van der Waals surface area contributed by atoms with Crippen LogP contribution in [0.15, 0.2) is 66.7 Å². The quantitative estimate of drug-likeness (QED) is 0.647. The highest BCUT2D eigenvalue weighted by Gasteiger charge is 2.29. The summed E-state index contributed by atoms with van der Waals surface area (Å²) in [5.74, 6) is 0.626. The zero-order valence-electron chi connectivity index (χ0n) is 16.6. The van der Waals surface area contributed by atoms with Crippen molar-refractivity contribution in [3.63, 3.8) is 0 Å². The molecule has 1 heterocycles. The second kappa shape index (κ2) is 8.01. The van der Waals surface area contributed by atoms with Gasteiger partial charge < -0.3 is 4.90 Å². The summed E-state index contributed by atoms with van der Waals surface area (Å²) in [4.78, 5) is 14.9. The Morgan fingerprint density at radius 1 is 0.964 bits per heavy atom. The van der Waals surface area contributed by atoms with Crippen LogP contribution in [0.2, 0.25) is 0 Å². The molecule has 28 heavy (non-hydrogen) atoms. The van der Waals surface area contributed by atoms with Crippen LogP contribution in [0.3, 0.4) is 0 Å². The van der Waals surface area contributed by atoms with E-state index in [1.807, 2.05) is 60.0 Å². The molecule has 2 aromatic carbocycles. The molecule has 0 spiro atoms. The van der Waals surface area contributed by atoms with Crippen molar-refractivity contribution in [1.82, 2.24) is 14.7 Å². The van der Waals surface area contributed by atoms with Gasteiger partial charge in [-0.3, -0.25) is 4.79 Å². The lowest BCUT2D eigenvalue weighted by atomic mass is 9.81. The van der Waals surface area contributed by atoms with Crippen molar-refractivity contribution in [2.24, 2.45) is 0 Å². The van der Waals surface area contributed by atoms with Crippen LogP contribution >= 0.6 is 0 Å². The van der Waals surface area contributed by atoms with Crippen LogP contribution < -0.4 is 0 Å². The van der Waals surface area contributed by atoms with Gasteiger partial charge in [-0.2, -0.15) is 5.10 Å². The van der Waals surface area contributed by atoms with Crippen molar-refractivity contribution >= 4 is 5.91 Å². The summed E-state index contributed by atoms with van der Waals surface area (Å²) in [7, 11) is 1.92. The number of hydrogen-bond acceptors (Lipinski definition) is 2. The monoisotopic (exact) mass is 373 g/mol. The normalized spacial score (nSPS) is 19.4. The van der Waals surface area contributed by atoms with E-state index in [2.05, 4.69) is 35.4 Å². The third-order valence-electron chi connectivity index (χ3n) is 5.94. The standard InChI is InChI=1S/C24H27N3O/c1-18-17-23(25-27(18)22-11-7-4-8-12-22)24(28)26(2)21-15-13-20(14-16-21)19-9-5-3-6-10-19/h3-12,17,20-21H,13-16H2,1-2H3. The van der Waals surface area contributed by atoms with Gasteiger partial charge in [0.1, 0.15) is 0 Å².